The zero-order chi connectivity index (χ0) is 40.7. The molecule has 15 heteroatoms. The van der Waals surface area contributed by atoms with E-state index in [-0.39, 0.29) is 30.8 Å². The number of methoxy groups -OCH3 is 2. The molecule has 3 N–H and O–H groups in total. The number of hydrogen-bond donors (Lipinski definition) is 3. The highest BCUT2D eigenvalue weighted by Crippen LogP contribution is 2.43. The quantitative estimate of drug-likeness (QED) is 0.306. The second-order valence-corrected chi connectivity index (χ2v) is 17.2. The zero-order valence-corrected chi connectivity index (χ0v) is 34.8. The van der Waals surface area contributed by atoms with Crippen LogP contribution in [0.25, 0.3) is 0 Å². The molecule has 15 nitrogen and oxygen atoms in total. The number of ketones is 1. The predicted molar refractivity (Wildman–Crippen MR) is 196 cm³/mol. The van der Waals surface area contributed by atoms with Crippen molar-refractivity contribution < 1.29 is 62.5 Å². The van der Waals surface area contributed by atoms with Gasteiger partial charge in [0.05, 0.1) is 47.6 Å². The summed E-state index contributed by atoms with van der Waals surface area (Å²) in [6.07, 6.45) is -7.28. The van der Waals surface area contributed by atoms with E-state index in [9.17, 15) is 24.6 Å². The molecular weight excluding hydrogens is 704 g/mol. The van der Waals surface area contributed by atoms with Crippen LogP contribution in [0, 0.1) is 23.7 Å². The summed E-state index contributed by atoms with van der Waals surface area (Å²) in [7, 11) is 6.83. The molecule has 4 aliphatic rings. The molecule has 1 amide bonds. The van der Waals surface area contributed by atoms with Crippen molar-refractivity contribution in [2.24, 2.45) is 23.7 Å². The second kappa shape index (κ2) is 17.3. The maximum Gasteiger partial charge on any atom is 0.408 e. The molecule has 4 aliphatic heterocycles. The van der Waals surface area contributed by atoms with E-state index in [2.05, 4.69) is 5.32 Å². The van der Waals surface area contributed by atoms with E-state index in [4.69, 9.17) is 37.9 Å². The second-order valence-electron chi connectivity index (χ2n) is 17.2. The van der Waals surface area contributed by atoms with Crippen LogP contribution in [0.4, 0.5) is 4.79 Å². The summed E-state index contributed by atoms with van der Waals surface area (Å²) in [5, 5.41) is 25.4. The van der Waals surface area contributed by atoms with E-state index in [1.807, 2.05) is 53.6 Å². The maximum absolute atomic E-state index is 14.4. The van der Waals surface area contributed by atoms with E-state index in [0.717, 1.165) is 0 Å². The third-order valence-electron chi connectivity index (χ3n) is 12.9. The number of aliphatic hydroxyl groups is 2. The highest BCUT2D eigenvalue weighted by atomic mass is 16.7. The van der Waals surface area contributed by atoms with Crippen LogP contribution in [0.5, 0.6) is 0 Å². The fourth-order valence-corrected chi connectivity index (χ4v) is 9.34. The first-order valence-electron chi connectivity index (χ1n) is 19.6. The van der Waals surface area contributed by atoms with Crippen LogP contribution in [0.3, 0.4) is 0 Å². The number of ether oxygens (including phenoxy) is 8. The molecule has 0 aromatic rings. The van der Waals surface area contributed by atoms with Gasteiger partial charge in [0.15, 0.2) is 18.2 Å². The van der Waals surface area contributed by atoms with Crippen molar-refractivity contribution in [3.63, 3.8) is 0 Å². The molecule has 0 aliphatic carbocycles. The van der Waals surface area contributed by atoms with Gasteiger partial charge < -0.3 is 58.3 Å². The predicted octanol–water partition coefficient (Wildman–Crippen LogP) is 3.19. The van der Waals surface area contributed by atoms with Gasteiger partial charge in [-0.1, -0.05) is 27.7 Å². The van der Waals surface area contributed by atoms with Crippen LogP contribution in [0.15, 0.2) is 0 Å². The Labute approximate surface area is 321 Å². The topological polar surface area (TPSA) is 181 Å². The van der Waals surface area contributed by atoms with Crippen LogP contribution in [0.1, 0.15) is 94.9 Å². The number of amides is 1. The normalized spacial score (nSPS) is 48.4. The zero-order valence-electron chi connectivity index (χ0n) is 34.8. The molecule has 4 rings (SSSR count). The third kappa shape index (κ3) is 8.79. The number of likely N-dealkylation sites (N-methyl/N-ethyl adjacent to an activating group) is 1. The van der Waals surface area contributed by atoms with Crippen LogP contribution in [-0.2, 0) is 47.5 Å². The molecular formula is C39H68N2O13. The Morgan fingerprint density at radius 2 is 1.52 bits per heavy atom. The van der Waals surface area contributed by atoms with Gasteiger partial charge in [0.1, 0.15) is 24.1 Å². The van der Waals surface area contributed by atoms with Crippen molar-refractivity contribution in [2.75, 3.05) is 28.3 Å². The molecule has 54 heavy (non-hydrogen) atoms. The van der Waals surface area contributed by atoms with E-state index in [1.54, 1.807) is 34.6 Å². The minimum absolute atomic E-state index is 0.141. The molecule has 0 spiro atoms. The summed E-state index contributed by atoms with van der Waals surface area (Å²) >= 11 is 0. The molecule has 4 fully saturated rings. The highest BCUT2D eigenvalue weighted by molar-refractivity contribution is 5.85. The number of nitrogens with one attached hydrogen (secondary N) is 1. The van der Waals surface area contributed by atoms with Crippen molar-refractivity contribution >= 4 is 17.8 Å². The van der Waals surface area contributed by atoms with Gasteiger partial charge >= 0.3 is 12.1 Å². The number of aliphatic hydroxyl groups excluding tert-OH is 2. The Kier molecular flexibility index (Phi) is 14.3. The fraction of sp³-hybridized carbons (Fsp3) is 0.923. The number of Topliss-reactive ketones (excluding diaryl/α,β-unsaturated/α-hetero) is 1. The molecule has 0 aromatic heterocycles. The number of esters is 1. The van der Waals surface area contributed by atoms with E-state index in [1.165, 1.54) is 14.2 Å². The molecule has 0 bridgehead atoms. The number of fused-ring (bicyclic) bond motifs is 1. The van der Waals surface area contributed by atoms with Crippen LogP contribution >= 0.6 is 0 Å². The van der Waals surface area contributed by atoms with Gasteiger partial charge in [-0.3, -0.25) is 9.59 Å². The largest absolute Gasteiger partial charge is 0.458 e. The number of rotatable bonds is 8. The molecule has 312 valence electrons. The number of hydrogen-bond acceptors (Lipinski definition) is 14. The van der Waals surface area contributed by atoms with E-state index < -0.39 is 108 Å². The van der Waals surface area contributed by atoms with Gasteiger partial charge in [-0.15, -0.1) is 0 Å². The lowest BCUT2D eigenvalue weighted by molar-refractivity contribution is -0.319. The average molecular weight is 773 g/mol. The first-order chi connectivity index (χ1) is 25.1. The van der Waals surface area contributed by atoms with Gasteiger partial charge in [-0.05, 0) is 74.9 Å². The monoisotopic (exact) mass is 772 g/mol. The number of alkyl carbamates (subject to hydrolysis) is 1. The van der Waals surface area contributed by atoms with Gasteiger partial charge in [0.2, 0.25) is 0 Å². The minimum atomic E-state index is -1.36. The summed E-state index contributed by atoms with van der Waals surface area (Å²) in [6.45, 7) is 17.9. The van der Waals surface area contributed by atoms with Gasteiger partial charge in [0, 0.05) is 44.4 Å². The Morgan fingerprint density at radius 1 is 0.889 bits per heavy atom. The van der Waals surface area contributed by atoms with Crippen molar-refractivity contribution in [3.05, 3.63) is 0 Å². The van der Waals surface area contributed by atoms with Gasteiger partial charge in [0.25, 0.3) is 0 Å². The van der Waals surface area contributed by atoms with Crippen molar-refractivity contribution in [2.45, 2.75) is 179 Å². The number of nitrogens with zero attached hydrogens (tertiary/aromatic N) is 1. The standard InChI is InChI=1S/C39H68N2O13/c1-15-26-39(10)31(40-36(46)54-39)21(4)28(42)19(2)17-38(9,48-14)33(53-35-29(43)25(41(11)12)16-20(3)49-35)22(5)30(23(6)34(45)51-26)52-27-18-37(8,47-13)32(44)24(7)50-27/h19-27,29-33,35,43-44H,15-18H2,1-14H3,(H,40,46)/t19-,20-,21+,22+,23-,24+,25+,26-,27+,29-,30+,31-,32+,33-,35+,37-,38-,39-/m1/s1. The summed E-state index contributed by atoms with van der Waals surface area (Å²) in [6, 6.07) is -1.07. The molecule has 0 aromatic carbocycles. The summed E-state index contributed by atoms with van der Waals surface area (Å²) in [5.41, 5.74) is -3.59. The van der Waals surface area contributed by atoms with Crippen molar-refractivity contribution in [1.82, 2.24) is 10.2 Å². The molecule has 4 saturated heterocycles. The summed E-state index contributed by atoms with van der Waals surface area (Å²) in [5.74, 6) is -3.76. The summed E-state index contributed by atoms with van der Waals surface area (Å²) < 4.78 is 50.3. The van der Waals surface area contributed by atoms with E-state index in [0.29, 0.717) is 12.8 Å². The lowest BCUT2D eigenvalue weighted by Gasteiger charge is -2.49. The average Bonchev–Trinajstić information content (AvgIpc) is 3.43. The van der Waals surface area contributed by atoms with E-state index >= 15 is 0 Å². The van der Waals surface area contributed by atoms with Crippen LogP contribution in [-0.4, -0.2) is 145 Å². The Hall–Kier alpha value is -1.95. The smallest absolute Gasteiger partial charge is 0.408 e. The fourth-order valence-electron chi connectivity index (χ4n) is 9.34. The third-order valence-corrected chi connectivity index (χ3v) is 12.9. The Balaban J connectivity index is 1.87. The molecule has 0 radical (unpaired) electrons. The Morgan fingerprint density at radius 3 is 2.09 bits per heavy atom. The lowest BCUT2D eigenvalue weighted by atomic mass is 9.73. The minimum Gasteiger partial charge on any atom is -0.458 e. The first kappa shape index (κ1) is 44.8. The maximum atomic E-state index is 14.4. The number of cyclic esters (lactones) is 1. The summed E-state index contributed by atoms with van der Waals surface area (Å²) in [4.78, 5) is 43.5. The molecule has 0 unspecified atom stereocenters. The van der Waals surface area contributed by atoms with Crippen LogP contribution < -0.4 is 5.32 Å². The van der Waals surface area contributed by atoms with Gasteiger partial charge in [-0.2, -0.15) is 0 Å². The number of carbonyl (C=O) groups is 3. The highest BCUT2D eigenvalue weighted by Gasteiger charge is 2.58. The molecule has 0 saturated carbocycles. The first-order valence-corrected chi connectivity index (χ1v) is 19.6. The Bertz CT molecular complexity index is 1320. The SMILES string of the molecule is CC[C@H]1OC(=O)[C@H](C)[C@@H](O[C@H]2C[C@@](C)(OC)[C@@H](O)[C@H](C)O2)[C@H](C)[C@@H](O[C@@H]2O[C@H](C)C[C@H](N(C)C)[C@H]2O)[C@](C)(OC)C[C@@H](C)C(=O)[C@H](C)[C@H]2NC(=O)O[C@@]21C. The number of carbonyl (C=O) groups excluding carboxylic acids is 3. The molecule has 4 heterocycles. The van der Waals surface area contributed by atoms with Crippen molar-refractivity contribution in [1.29, 1.82) is 0 Å². The van der Waals surface area contributed by atoms with Gasteiger partial charge in [-0.25, -0.2) is 4.79 Å². The van der Waals surface area contributed by atoms with Crippen molar-refractivity contribution in [3.8, 4) is 0 Å². The molecule has 18 atom stereocenters. The van der Waals surface area contributed by atoms with Crippen LogP contribution in [0.2, 0.25) is 0 Å². The lowest BCUT2D eigenvalue weighted by Crippen LogP contribution is -2.61.